The molecule has 148 valence electrons. The van der Waals surface area contributed by atoms with Gasteiger partial charge in [0.25, 0.3) is 11.8 Å². The van der Waals surface area contributed by atoms with Gasteiger partial charge in [0.15, 0.2) is 12.2 Å². The van der Waals surface area contributed by atoms with Gasteiger partial charge in [-0.2, -0.15) is 0 Å². The van der Waals surface area contributed by atoms with Crippen LogP contribution in [0.15, 0.2) is 54.6 Å². The highest BCUT2D eigenvalue weighted by Crippen LogP contribution is 2.37. The quantitative estimate of drug-likeness (QED) is 0.394. The number of anilines is 1. The molecular formula is C23H22N2O4. The van der Waals surface area contributed by atoms with Gasteiger partial charge in [-0.1, -0.05) is 48.5 Å². The van der Waals surface area contributed by atoms with Gasteiger partial charge in [-0.05, 0) is 46.8 Å². The van der Waals surface area contributed by atoms with Crippen molar-refractivity contribution in [3.63, 3.8) is 0 Å². The monoisotopic (exact) mass is 390 g/mol. The summed E-state index contributed by atoms with van der Waals surface area (Å²) in [5.41, 5.74) is 0.510. The molecule has 6 heteroatoms. The Morgan fingerprint density at radius 3 is 1.97 bits per heavy atom. The first-order chi connectivity index (χ1) is 13.9. The summed E-state index contributed by atoms with van der Waals surface area (Å²) in [5.74, 6) is -1.63. The Hall–Kier alpha value is -3.22. The van der Waals surface area contributed by atoms with Crippen LogP contribution in [0.25, 0.3) is 32.3 Å². The minimum Gasteiger partial charge on any atom is -0.380 e. The third-order valence-corrected chi connectivity index (χ3v) is 5.05. The van der Waals surface area contributed by atoms with Gasteiger partial charge in [-0.25, -0.2) is 0 Å². The van der Waals surface area contributed by atoms with Gasteiger partial charge < -0.3 is 20.8 Å². The van der Waals surface area contributed by atoms with E-state index >= 15 is 0 Å². The lowest BCUT2D eigenvalue weighted by molar-refractivity contribution is -0.143. The third kappa shape index (κ3) is 3.37. The Balaban J connectivity index is 1.69. The summed E-state index contributed by atoms with van der Waals surface area (Å²) in [7, 11) is 0. The van der Waals surface area contributed by atoms with E-state index in [0.29, 0.717) is 5.69 Å². The average molecular weight is 390 g/mol. The lowest BCUT2D eigenvalue weighted by Crippen LogP contribution is -2.49. The number of hydrogen-bond acceptors (Lipinski definition) is 4. The van der Waals surface area contributed by atoms with Crippen LogP contribution in [0.2, 0.25) is 0 Å². The first-order valence-electron chi connectivity index (χ1n) is 9.50. The maximum absolute atomic E-state index is 12.5. The summed E-state index contributed by atoms with van der Waals surface area (Å²) in [6.45, 7) is 3.45. The van der Waals surface area contributed by atoms with E-state index in [9.17, 15) is 19.8 Å². The molecule has 0 unspecified atom stereocenters. The highest BCUT2D eigenvalue weighted by molar-refractivity contribution is 6.26. The van der Waals surface area contributed by atoms with E-state index in [1.165, 1.54) is 0 Å². The molecule has 4 N–H and O–H groups in total. The molecule has 0 aliphatic heterocycles. The minimum absolute atomic E-state index is 0.218. The van der Waals surface area contributed by atoms with Crippen LogP contribution in [0.5, 0.6) is 0 Å². The summed E-state index contributed by atoms with van der Waals surface area (Å²) in [6.07, 6.45) is -3.73. The van der Waals surface area contributed by atoms with Crippen LogP contribution in [-0.2, 0) is 9.59 Å². The predicted octanol–water partition coefficient (Wildman–Crippen LogP) is 2.77. The van der Waals surface area contributed by atoms with E-state index in [4.69, 9.17) is 0 Å². The van der Waals surface area contributed by atoms with Crippen molar-refractivity contribution in [3.8, 4) is 0 Å². The van der Waals surface area contributed by atoms with Crippen LogP contribution in [0.4, 0.5) is 5.69 Å². The SMILES string of the molecule is CC(C)NC(=O)[C@H](O)[C@@H](O)C(=O)Nc1ccc2ccc3cccc4ccc1c2c34. The fraction of sp³-hybridized carbons (Fsp3) is 0.217. The van der Waals surface area contributed by atoms with Gasteiger partial charge in [0, 0.05) is 17.1 Å². The molecule has 29 heavy (non-hydrogen) atoms. The fourth-order valence-electron chi connectivity index (χ4n) is 3.71. The van der Waals surface area contributed by atoms with Crippen LogP contribution >= 0.6 is 0 Å². The van der Waals surface area contributed by atoms with Crippen LogP contribution < -0.4 is 10.6 Å². The first kappa shape index (κ1) is 19.1. The molecule has 2 amide bonds. The molecule has 4 aromatic rings. The molecule has 0 aliphatic rings. The van der Waals surface area contributed by atoms with Crippen LogP contribution in [-0.4, -0.2) is 40.3 Å². The van der Waals surface area contributed by atoms with Crippen molar-refractivity contribution in [1.29, 1.82) is 0 Å². The number of hydrogen-bond donors (Lipinski definition) is 4. The zero-order valence-corrected chi connectivity index (χ0v) is 16.1. The Labute approximate surface area is 167 Å². The number of aliphatic hydroxyl groups excluding tert-OH is 2. The lowest BCUT2D eigenvalue weighted by Gasteiger charge is -2.19. The number of rotatable bonds is 5. The maximum atomic E-state index is 12.5. The van der Waals surface area contributed by atoms with Crippen LogP contribution in [0.1, 0.15) is 13.8 Å². The van der Waals surface area contributed by atoms with E-state index in [0.717, 1.165) is 32.3 Å². The second kappa shape index (κ2) is 7.31. The fourth-order valence-corrected chi connectivity index (χ4v) is 3.71. The van der Waals surface area contributed by atoms with Gasteiger partial charge in [-0.15, -0.1) is 0 Å². The van der Waals surface area contributed by atoms with Crippen molar-refractivity contribution in [1.82, 2.24) is 5.32 Å². The maximum Gasteiger partial charge on any atom is 0.256 e. The summed E-state index contributed by atoms with van der Waals surface area (Å²) in [5, 5.41) is 31.5. The van der Waals surface area contributed by atoms with Gasteiger partial charge in [-0.3, -0.25) is 9.59 Å². The molecule has 4 aromatic carbocycles. The van der Waals surface area contributed by atoms with Crippen molar-refractivity contribution < 1.29 is 19.8 Å². The molecule has 0 aromatic heterocycles. The Morgan fingerprint density at radius 2 is 1.31 bits per heavy atom. The van der Waals surface area contributed by atoms with E-state index < -0.39 is 24.0 Å². The number of benzene rings is 4. The van der Waals surface area contributed by atoms with Gasteiger partial charge in [0.05, 0.1) is 0 Å². The molecule has 2 atom stereocenters. The van der Waals surface area contributed by atoms with Crippen molar-refractivity contribution in [2.75, 3.05) is 5.32 Å². The normalized spacial score (nSPS) is 13.8. The van der Waals surface area contributed by atoms with Crippen molar-refractivity contribution >= 4 is 49.8 Å². The smallest absolute Gasteiger partial charge is 0.256 e. The Bertz CT molecular complexity index is 1200. The van der Waals surface area contributed by atoms with E-state index in [1.54, 1.807) is 19.9 Å². The number of carbonyl (C=O) groups is 2. The summed E-state index contributed by atoms with van der Waals surface area (Å²) < 4.78 is 0. The largest absolute Gasteiger partial charge is 0.380 e. The van der Waals surface area contributed by atoms with Gasteiger partial charge >= 0.3 is 0 Å². The first-order valence-corrected chi connectivity index (χ1v) is 9.50. The van der Waals surface area contributed by atoms with E-state index in [-0.39, 0.29) is 6.04 Å². The molecule has 0 spiro atoms. The summed E-state index contributed by atoms with van der Waals surface area (Å²) in [6, 6.07) is 17.5. The molecular weight excluding hydrogens is 368 g/mol. The lowest BCUT2D eigenvalue weighted by atomic mass is 9.93. The second-order valence-electron chi connectivity index (χ2n) is 7.51. The van der Waals surface area contributed by atoms with Gasteiger partial charge in [0.2, 0.25) is 0 Å². The Kier molecular flexibility index (Phi) is 4.82. The highest BCUT2D eigenvalue weighted by atomic mass is 16.3. The number of amides is 2. The van der Waals surface area contributed by atoms with Crippen molar-refractivity contribution in [3.05, 3.63) is 54.6 Å². The predicted molar refractivity (Wildman–Crippen MR) is 114 cm³/mol. The summed E-state index contributed by atoms with van der Waals surface area (Å²) >= 11 is 0. The summed E-state index contributed by atoms with van der Waals surface area (Å²) in [4.78, 5) is 24.4. The van der Waals surface area contributed by atoms with E-state index in [1.807, 2.05) is 42.5 Å². The molecule has 0 saturated carbocycles. The molecule has 0 aliphatic carbocycles. The van der Waals surface area contributed by atoms with Crippen molar-refractivity contribution in [2.45, 2.75) is 32.1 Å². The number of carbonyl (C=O) groups excluding carboxylic acids is 2. The van der Waals surface area contributed by atoms with E-state index in [2.05, 4.69) is 16.7 Å². The molecule has 6 nitrogen and oxygen atoms in total. The van der Waals surface area contributed by atoms with Gasteiger partial charge in [0.1, 0.15) is 0 Å². The minimum atomic E-state index is -1.88. The highest BCUT2D eigenvalue weighted by Gasteiger charge is 2.31. The average Bonchev–Trinajstić information content (AvgIpc) is 2.71. The van der Waals surface area contributed by atoms with Crippen LogP contribution in [0.3, 0.4) is 0 Å². The van der Waals surface area contributed by atoms with Crippen LogP contribution in [0, 0.1) is 0 Å². The molecule has 0 bridgehead atoms. The van der Waals surface area contributed by atoms with Crippen molar-refractivity contribution in [2.24, 2.45) is 0 Å². The molecule has 0 saturated heterocycles. The molecule has 0 radical (unpaired) electrons. The number of aliphatic hydroxyl groups is 2. The molecule has 0 heterocycles. The Morgan fingerprint density at radius 1 is 0.759 bits per heavy atom. The molecule has 4 rings (SSSR count). The standard InChI is InChI=1S/C23H22N2O4/c1-12(2)24-22(28)20(26)21(27)23(29)25-17-11-9-15-7-6-13-4-3-5-14-8-10-16(17)19(15)18(13)14/h3-12,20-21,26-27H,1-2H3,(H,24,28)(H,25,29)/t20-,21-/m1/s1. The second-order valence-corrected chi connectivity index (χ2v) is 7.51. The third-order valence-electron chi connectivity index (χ3n) is 5.05. The number of nitrogens with one attached hydrogen (secondary N) is 2. The topological polar surface area (TPSA) is 98.7 Å². The molecule has 0 fully saturated rings. The zero-order valence-electron chi connectivity index (χ0n) is 16.1. The zero-order chi connectivity index (χ0) is 20.7.